The fraction of sp³-hybridized carbons (Fsp3) is 0.214. The zero-order valence-electron chi connectivity index (χ0n) is 11.6. The van der Waals surface area contributed by atoms with E-state index in [0.29, 0.717) is 12.2 Å². The molecule has 2 heterocycles. The number of hydrogen-bond acceptors (Lipinski definition) is 5. The lowest BCUT2D eigenvalue weighted by Crippen LogP contribution is -2.38. The van der Waals surface area contributed by atoms with Crippen LogP contribution in [-0.2, 0) is 20.5 Å². The SMILES string of the molecule is Cn1c(=O)c2nc(Cc3ccccc3)nnc2n(C)c1=O. The molecule has 0 saturated heterocycles. The summed E-state index contributed by atoms with van der Waals surface area (Å²) in [5, 5.41) is 7.98. The third-order valence-corrected chi connectivity index (χ3v) is 3.32. The van der Waals surface area contributed by atoms with Crippen LogP contribution >= 0.6 is 0 Å². The highest BCUT2D eigenvalue weighted by Gasteiger charge is 2.12. The van der Waals surface area contributed by atoms with E-state index in [0.717, 1.165) is 10.1 Å². The molecule has 21 heavy (non-hydrogen) atoms. The molecule has 0 spiro atoms. The topological polar surface area (TPSA) is 82.7 Å². The summed E-state index contributed by atoms with van der Waals surface area (Å²) in [6, 6.07) is 9.67. The van der Waals surface area contributed by atoms with Gasteiger partial charge in [-0.15, -0.1) is 10.2 Å². The van der Waals surface area contributed by atoms with Crippen molar-refractivity contribution in [3.05, 3.63) is 62.6 Å². The van der Waals surface area contributed by atoms with Crippen LogP contribution in [0, 0.1) is 0 Å². The number of nitrogens with zero attached hydrogens (tertiary/aromatic N) is 5. The summed E-state index contributed by atoms with van der Waals surface area (Å²) < 4.78 is 2.28. The standard InChI is InChI=1S/C14H13N5O2/c1-18-12-11(13(20)19(2)14(18)21)15-10(16-17-12)8-9-6-4-3-5-7-9/h3-7H,8H2,1-2H3. The van der Waals surface area contributed by atoms with Gasteiger partial charge in [0.1, 0.15) is 0 Å². The molecule has 7 heteroatoms. The van der Waals surface area contributed by atoms with Crippen molar-refractivity contribution in [3.63, 3.8) is 0 Å². The van der Waals surface area contributed by atoms with E-state index >= 15 is 0 Å². The number of rotatable bonds is 2. The molecule has 0 fully saturated rings. The van der Waals surface area contributed by atoms with Crippen molar-refractivity contribution in [2.24, 2.45) is 14.1 Å². The van der Waals surface area contributed by atoms with Crippen molar-refractivity contribution in [1.82, 2.24) is 24.3 Å². The molecular weight excluding hydrogens is 270 g/mol. The smallest absolute Gasteiger partial charge is 0.278 e. The summed E-state index contributed by atoms with van der Waals surface area (Å²) in [5.74, 6) is 0.449. The Balaban J connectivity index is 2.17. The molecule has 0 bridgehead atoms. The Labute approximate surface area is 119 Å². The quantitative estimate of drug-likeness (QED) is 0.662. The first kappa shape index (κ1) is 13.2. The molecule has 0 N–H and O–H groups in total. The van der Waals surface area contributed by atoms with Crippen LogP contribution in [0.25, 0.3) is 11.2 Å². The van der Waals surface area contributed by atoms with Crippen LogP contribution in [-0.4, -0.2) is 24.3 Å². The highest BCUT2D eigenvalue weighted by Crippen LogP contribution is 2.06. The minimum Gasteiger partial charge on any atom is -0.278 e. The van der Waals surface area contributed by atoms with E-state index < -0.39 is 11.2 Å². The van der Waals surface area contributed by atoms with E-state index in [2.05, 4.69) is 15.2 Å². The largest absolute Gasteiger partial charge is 0.332 e. The Bertz CT molecular complexity index is 928. The van der Waals surface area contributed by atoms with Gasteiger partial charge in [-0.05, 0) is 5.56 Å². The Morgan fingerprint density at radius 1 is 1.00 bits per heavy atom. The van der Waals surface area contributed by atoms with Gasteiger partial charge in [-0.25, -0.2) is 9.78 Å². The van der Waals surface area contributed by atoms with Gasteiger partial charge in [0.05, 0.1) is 0 Å². The molecule has 0 atom stereocenters. The molecule has 0 aliphatic rings. The van der Waals surface area contributed by atoms with Crippen LogP contribution in [0.15, 0.2) is 39.9 Å². The van der Waals surface area contributed by atoms with Crippen LogP contribution < -0.4 is 11.2 Å². The van der Waals surface area contributed by atoms with Gasteiger partial charge in [0, 0.05) is 20.5 Å². The minimum absolute atomic E-state index is 0.153. The maximum atomic E-state index is 12.1. The zero-order valence-corrected chi connectivity index (χ0v) is 11.6. The number of hydrogen-bond donors (Lipinski definition) is 0. The van der Waals surface area contributed by atoms with E-state index in [4.69, 9.17) is 0 Å². The van der Waals surface area contributed by atoms with Crippen molar-refractivity contribution in [2.75, 3.05) is 0 Å². The summed E-state index contributed by atoms with van der Waals surface area (Å²) in [6.45, 7) is 0. The summed E-state index contributed by atoms with van der Waals surface area (Å²) in [5.41, 5.74) is 0.470. The van der Waals surface area contributed by atoms with Gasteiger partial charge in [-0.2, -0.15) is 0 Å². The molecule has 0 radical (unpaired) electrons. The maximum absolute atomic E-state index is 12.1. The lowest BCUT2D eigenvalue weighted by Gasteiger charge is -2.06. The number of benzene rings is 1. The third kappa shape index (κ3) is 2.22. The molecule has 7 nitrogen and oxygen atoms in total. The van der Waals surface area contributed by atoms with Crippen LogP contribution in [0.1, 0.15) is 11.4 Å². The Morgan fingerprint density at radius 2 is 1.71 bits per heavy atom. The van der Waals surface area contributed by atoms with Crippen LogP contribution in [0.2, 0.25) is 0 Å². The molecule has 0 aliphatic heterocycles. The van der Waals surface area contributed by atoms with Gasteiger partial charge in [0.25, 0.3) is 5.56 Å². The minimum atomic E-state index is -0.461. The molecule has 3 rings (SSSR count). The van der Waals surface area contributed by atoms with E-state index in [-0.39, 0.29) is 11.2 Å². The average Bonchev–Trinajstić information content (AvgIpc) is 2.52. The fourth-order valence-corrected chi connectivity index (χ4v) is 2.14. The molecule has 3 aromatic rings. The van der Waals surface area contributed by atoms with E-state index in [9.17, 15) is 9.59 Å². The number of aromatic nitrogens is 5. The second kappa shape index (κ2) is 4.93. The maximum Gasteiger partial charge on any atom is 0.332 e. The predicted molar refractivity (Wildman–Crippen MR) is 77.1 cm³/mol. The molecule has 0 amide bonds. The van der Waals surface area contributed by atoms with Crippen molar-refractivity contribution in [1.29, 1.82) is 0 Å². The van der Waals surface area contributed by atoms with Gasteiger partial charge in [0.15, 0.2) is 17.0 Å². The van der Waals surface area contributed by atoms with E-state index in [1.165, 1.54) is 18.7 Å². The van der Waals surface area contributed by atoms with E-state index in [1.54, 1.807) is 0 Å². The van der Waals surface area contributed by atoms with Crippen molar-refractivity contribution < 1.29 is 0 Å². The average molecular weight is 283 g/mol. The monoisotopic (exact) mass is 283 g/mol. The first-order chi connectivity index (χ1) is 10.1. The first-order valence-corrected chi connectivity index (χ1v) is 6.41. The molecular formula is C14H13N5O2. The van der Waals surface area contributed by atoms with Crippen molar-refractivity contribution >= 4 is 11.2 Å². The van der Waals surface area contributed by atoms with Crippen molar-refractivity contribution in [3.8, 4) is 0 Å². The molecule has 1 aromatic carbocycles. The van der Waals surface area contributed by atoms with Crippen LogP contribution in [0.4, 0.5) is 0 Å². The highest BCUT2D eigenvalue weighted by molar-refractivity contribution is 5.67. The highest BCUT2D eigenvalue weighted by atomic mass is 16.2. The molecule has 0 aliphatic carbocycles. The van der Waals surface area contributed by atoms with Gasteiger partial charge in [-0.3, -0.25) is 13.9 Å². The third-order valence-electron chi connectivity index (χ3n) is 3.32. The summed E-state index contributed by atoms with van der Waals surface area (Å²) >= 11 is 0. The Hall–Kier alpha value is -2.83. The Kier molecular flexibility index (Phi) is 3.09. The molecule has 0 saturated carbocycles. The second-order valence-electron chi connectivity index (χ2n) is 4.77. The second-order valence-corrected chi connectivity index (χ2v) is 4.77. The number of aryl methyl sites for hydroxylation is 1. The van der Waals surface area contributed by atoms with Gasteiger partial charge in [0.2, 0.25) is 0 Å². The van der Waals surface area contributed by atoms with Gasteiger partial charge >= 0.3 is 5.69 Å². The number of fused-ring (bicyclic) bond motifs is 1. The summed E-state index contributed by atoms with van der Waals surface area (Å²) in [7, 11) is 2.96. The van der Waals surface area contributed by atoms with Gasteiger partial charge in [-0.1, -0.05) is 30.3 Å². The molecule has 2 aromatic heterocycles. The lowest BCUT2D eigenvalue weighted by molar-refractivity contribution is 0.693. The van der Waals surface area contributed by atoms with Crippen LogP contribution in [0.5, 0.6) is 0 Å². The molecule has 0 unspecified atom stereocenters. The molecule has 106 valence electrons. The van der Waals surface area contributed by atoms with Crippen molar-refractivity contribution in [2.45, 2.75) is 6.42 Å². The zero-order chi connectivity index (χ0) is 15.0. The Morgan fingerprint density at radius 3 is 2.43 bits per heavy atom. The summed E-state index contributed by atoms with van der Waals surface area (Å²) in [6.07, 6.45) is 0.482. The summed E-state index contributed by atoms with van der Waals surface area (Å²) in [4.78, 5) is 28.2. The first-order valence-electron chi connectivity index (χ1n) is 6.41. The van der Waals surface area contributed by atoms with E-state index in [1.807, 2.05) is 30.3 Å². The van der Waals surface area contributed by atoms with Gasteiger partial charge < -0.3 is 0 Å². The predicted octanol–water partition coefficient (Wildman–Crippen LogP) is 0.0130. The van der Waals surface area contributed by atoms with Crippen LogP contribution in [0.3, 0.4) is 0 Å². The lowest BCUT2D eigenvalue weighted by atomic mass is 10.1. The normalized spacial score (nSPS) is 11.0. The fourth-order valence-electron chi connectivity index (χ4n) is 2.14.